The Hall–Kier alpha value is -1.11. The van der Waals surface area contributed by atoms with Gasteiger partial charge >= 0.3 is 0 Å². The van der Waals surface area contributed by atoms with Crippen LogP contribution < -0.4 is 10.6 Å². The highest BCUT2D eigenvalue weighted by atomic mass is 35.5. The van der Waals surface area contributed by atoms with Crippen LogP contribution in [0.25, 0.3) is 0 Å². The molecule has 6 nitrogen and oxygen atoms in total. The van der Waals surface area contributed by atoms with Crippen molar-refractivity contribution in [3.8, 4) is 0 Å². The predicted octanol–water partition coefficient (Wildman–Crippen LogP) is 0.886. The van der Waals surface area contributed by atoms with Crippen LogP contribution in [-0.2, 0) is 4.74 Å². The summed E-state index contributed by atoms with van der Waals surface area (Å²) < 4.78 is 5.33. The van der Waals surface area contributed by atoms with E-state index in [1.165, 1.54) is 0 Å². The molecular formula is C13H23ClN4O2. The van der Waals surface area contributed by atoms with Crippen molar-refractivity contribution < 1.29 is 9.53 Å². The number of nitrogens with zero attached hydrogens (tertiary/aromatic N) is 1. The molecule has 1 amide bonds. The molecule has 114 valence electrons. The van der Waals surface area contributed by atoms with Crippen molar-refractivity contribution in [2.45, 2.75) is 19.8 Å². The quantitative estimate of drug-likeness (QED) is 0.754. The Kier molecular flexibility index (Phi) is 6.45. The number of methoxy groups -OCH3 is 1. The van der Waals surface area contributed by atoms with Gasteiger partial charge in [-0.15, -0.1) is 12.4 Å². The molecule has 1 aliphatic rings. The first-order chi connectivity index (χ1) is 9.15. The van der Waals surface area contributed by atoms with Crippen LogP contribution in [0.2, 0.25) is 0 Å². The summed E-state index contributed by atoms with van der Waals surface area (Å²) >= 11 is 0. The molecule has 1 saturated heterocycles. The van der Waals surface area contributed by atoms with E-state index in [2.05, 4.69) is 20.8 Å². The highest BCUT2D eigenvalue weighted by Gasteiger charge is 2.32. The lowest BCUT2D eigenvalue weighted by Crippen LogP contribution is -2.47. The monoisotopic (exact) mass is 302 g/mol. The maximum atomic E-state index is 12.0. The first-order valence-electron chi connectivity index (χ1n) is 6.65. The van der Waals surface area contributed by atoms with Gasteiger partial charge in [0, 0.05) is 24.8 Å². The van der Waals surface area contributed by atoms with Gasteiger partial charge in [-0.05, 0) is 38.9 Å². The van der Waals surface area contributed by atoms with Gasteiger partial charge < -0.3 is 15.4 Å². The molecule has 2 heterocycles. The van der Waals surface area contributed by atoms with Gasteiger partial charge in [-0.3, -0.25) is 9.89 Å². The van der Waals surface area contributed by atoms with Gasteiger partial charge in [0.2, 0.25) is 0 Å². The Morgan fingerprint density at radius 2 is 2.20 bits per heavy atom. The smallest absolute Gasteiger partial charge is 0.271 e. The molecule has 0 bridgehead atoms. The van der Waals surface area contributed by atoms with Crippen molar-refractivity contribution in [3.63, 3.8) is 0 Å². The minimum absolute atomic E-state index is 0. The van der Waals surface area contributed by atoms with E-state index in [4.69, 9.17) is 4.74 Å². The van der Waals surface area contributed by atoms with Gasteiger partial charge in [-0.1, -0.05) is 0 Å². The number of rotatable bonds is 5. The van der Waals surface area contributed by atoms with Crippen molar-refractivity contribution >= 4 is 18.3 Å². The van der Waals surface area contributed by atoms with Crippen molar-refractivity contribution in [1.82, 2.24) is 20.8 Å². The second-order valence-electron chi connectivity index (χ2n) is 5.30. The first-order valence-corrected chi connectivity index (χ1v) is 6.65. The molecule has 1 aromatic rings. The lowest BCUT2D eigenvalue weighted by Gasteiger charge is -2.37. The van der Waals surface area contributed by atoms with E-state index in [-0.39, 0.29) is 23.7 Å². The average Bonchev–Trinajstić information content (AvgIpc) is 2.84. The van der Waals surface area contributed by atoms with Crippen LogP contribution in [0.5, 0.6) is 0 Å². The average molecular weight is 303 g/mol. The number of hydrogen-bond acceptors (Lipinski definition) is 4. The number of ether oxygens (including phenoxy) is 1. The summed E-state index contributed by atoms with van der Waals surface area (Å²) in [6, 6.07) is 1.75. The number of nitrogens with one attached hydrogen (secondary N) is 3. The first kappa shape index (κ1) is 16.9. The summed E-state index contributed by atoms with van der Waals surface area (Å²) in [5.41, 5.74) is 1.37. The number of carbonyl (C=O) groups is 1. The van der Waals surface area contributed by atoms with E-state index in [1.54, 1.807) is 13.2 Å². The fourth-order valence-corrected chi connectivity index (χ4v) is 2.53. The number of halogens is 1. The maximum absolute atomic E-state index is 12.0. The molecular weight excluding hydrogens is 280 g/mol. The van der Waals surface area contributed by atoms with Crippen molar-refractivity contribution in [1.29, 1.82) is 0 Å². The molecule has 0 unspecified atom stereocenters. The minimum atomic E-state index is -0.127. The van der Waals surface area contributed by atoms with Crippen LogP contribution in [0.3, 0.4) is 0 Å². The predicted molar refractivity (Wildman–Crippen MR) is 79.3 cm³/mol. The standard InChI is InChI=1S/C13H22N4O2.ClH/c1-10-7-11(17-16-10)12(18)15-8-13(9-19-2)3-5-14-6-4-13;/h7,14H,3-6,8-9H2,1-2H3,(H,15,18)(H,16,17);1H. The third-order valence-corrected chi connectivity index (χ3v) is 3.68. The Labute approximate surface area is 125 Å². The van der Waals surface area contributed by atoms with Gasteiger partial charge in [0.05, 0.1) is 6.61 Å². The molecule has 7 heteroatoms. The van der Waals surface area contributed by atoms with Crippen LogP contribution >= 0.6 is 12.4 Å². The third kappa shape index (κ3) is 4.19. The van der Waals surface area contributed by atoms with Crippen molar-refractivity contribution in [2.75, 3.05) is 33.4 Å². The molecule has 0 aromatic carbocycles. The highest BCUT2D eigenvalue weighted by molar-refractivity contribution is 5.92. The molecule has 0 aliphatic carbocycles. The number of H-pyrrole nitrogens is 1. The van der Waals surface area contributed by atoms with E-state index in [0.717, 1.165) is 31.6 Å². The van der Waals surface area contributed by atoms with Crippen LogP contribution in [0.4, 0.5) is 0 Å². The molecule has 0 spiro atoms. The lowest BCUT2D eigenvalue weighted by atomic mass is 9.79. The Morgan fingerprint density at radius 1 is 1.50 bits per heavy atom. The zero-order chi connectivity index (χ0) is 13.7. The van der Waals surface area contributed by atoms with Gasteiger partial charge in [0.1, 0.15) is 5.69 Å². The van der Waals surface area contributed by atoms with Crippen molar-refractivity contribution in [2.24, 2.45) is 5.41 Å². The summed E-state index contributed by atoms with van der Waals surface area (Å²) in [4.78, 5) is 12.0. The molecule has 0 atom stereocenters. The number of amides is 1. The van der Waals surface area contributed by atoms with E-state index < -0.39 is 0 Å². The third-order valence-electron chi connectivity index (χ3n) is 3.68. The number of aromatic amines is 1. The normalized spacial score (nSPS) is 17.3. The number of piperidine rings is 1. The van der Waals surface area contributed by atoms with Crippen LogP contribution in [0, 0.1) is 12.3 Å². The van der Waals surface area contributed by atoms with Crippen LogP contribution in [-0.4, -0.2) is 49.5 Å². The number of carbonyl (C=O) groups excluding carboxylic acids is 1. The summed E-state index contributed by atoms with van der Waals surface area (Å²) in [6.45, 7) is 5.13. The van der Waals surface area contributed by atoms with Crippen LogP contribution in [0.15, 0.2) is 6.07 Å². The molecule has 1 fully saturated rings. The summed E-state index contributed by atoms with van der Waals surface area (Å²) in [6.07, 6.45) is 2.03. The van der Waals surface area contributed by atoms with Gasteiger partial charge in [0.15, 0.2) is 0 Å². The summed E-state index contributed by atoms with van der Waals surface area (Å²) in [5.74, 6) is -0.127. The lowest BCUT2D eigenvalue weighted by molar-refractivity contribution is 0.0510. The SMILES string of the molecule is COCC1(CNC(=O)c2cc(C)[nH]n2)CCNCC1.Cl. The summed E-state index contributed by atoms with van der Waals surface area (Å²) in [5, 5.41) is 13.1. The fourth-order valence-electron chi connectivity index (χ4n) is 2.53. The highest BCUT2D eigenvalue weighted by Crippen LogP contribution is 2.28. The summed E-state index contributed by atoms with van der Waals surface area (Å²) in [7, 11) is 1.71. The van der Waals surface area contributed by atoms with Gasteiger partial charge in [-0.25, -0.2) is 0 Å². The molecule has 20 heavy (non-hydrogen) atoms. The number of aromatic nitrogens is 2. The Balaban J connectivity index is 0.00000200. The molecule has 3 N–H and O–H groups in total. The molecule has 1 aromatic heterocycles. The number of hydrogen-bond donors (Lipinski definition) is 3. The molecule has 0 saturated carbocycles. The fraction of sp³-hybridized carbons (Fsp3) is 0.692. The second-order valence-corrected chi connectivity index (χ2v) is 5.30. The zero-order valence-corrected chi connectivity index (χ0v) is 12.8. The maximum Gasteiger partial charge on any atom is 0.271 e. The van der Waals surface area contributed by atoms with Crippen LogP contribution in [0.1, 0.15) is 29.0 Å². The molecule has 1 aliphatic heterocycles. The van der Waals surface area contributed by atoms with E-state index in [1.807, 2.05) is 6.92 Å². The topological polar surface area (TPSA) is 79.0 Å². The minimum Gasteiger partial charge on any atom is -0.384 e. The number of aryl methyl sites for hydroxylation is 1. The molecule has 2 rings (SSSR count). The molecule has 0 radical (unpaired) electrons. The largest absolute Gasteiger partial charge is 0.384 e. The Morgan fingerprint density at radius 3 is 2.75 bits per heavy atom. The van der Waals surface area contributed by atoms with Gasteiger partial charge in [0.25, 0.3) is 5.91 Å². The van der Waals surface area contributed by atoms with E-state index >= 15 is 0 Å². The van der Waals surface area contributed by atoms with Crippen molar-refractivity contribution in [3.05, 3.63) is 17.5 Å². The Bertz CT molecular complexity index is 424. The second kappa shape index (κ2) is 7.61. The zero-order valence-electron chi connectivity index (χ0n) is 12.0. The van der Waals surface area contributed by atoms with E-state index in [9.17, 15) is 4.79 Å². The van der Waals surface area contributed by atoms with Gasteiger partial charge in [-0.2, -0.15) is 5.10 Å². The van der Waals surface area contributed by atoms with E-state index in [0.29, 0.717) is 18.8 Å².